The average Bonchev–Trinajstić information content (AvgIpc) is 1.94. The summed E-state index contributed by atoms with van der Waals surface area (Å²) in [5, 5.41) is 8.78. The van der Waals surface area contributed by atoms with Gasteiger partial charge in [0, 0.05) is 6.07 Å². The van der Waals surface area contributed by atoms with E-state index in [1.165, 1.54) is 0 Å². The zero-order valence-electron chi connectivity index (χ0n) is 6.19. The molecule has 0 aromatic heterocycles. The van der Waals surface area contributed by atoms with Crippen molar-refractivity contribution in [3.63, 3.8) is 0 Å². The zero-order valence-corrected chi connectivity index (χ0v) is 6.19. The Hall–Kier alpha value is -1.46. The van der Waals surface area contributed by atoms with Gasteiger partial charge in [-0.05, 0) is 6.07 Å². The van der Waals surface area contributed by atoms with Crippen molar-refractivity contribution in [1.29, 1.82) is 0 Å². The highest BCUT2D eigenvalue weighted by atomic mass is 19.4. The molecule has 0 saturated carbocycles. The van der Waals surface area contributed by atoms with E-state index in [-0.39, 0.29) is 6.07 Å². The smallest absolute Gasteiger partial charge is 0.420 e. The highest BCUT2D eigenvalue weighted by Gasteiger charge is 2.34. The van der Waals surface area contributed by atoms with Crippen LogP contribution in [0.4, 0.5) is 23.2 Å². The number of halogens is 4. The fraction of sp³-hybridized carbons (Fsp3) is 0.143. The molecule has 0 aliphatic heterocycles. The summed E-state index contributed by atoms with van der Waals surface area (Å²) in [6, 6.07) is 0.683. The van der Waals surface area contributed by atoms with Gasteiger partial charge in [0.25, 0.3) is 0 Å². The minimum absolute atomic E-state index is 0.157. The number of benzene rings is 1. The fourth-order valence-electron chi connectivity index (χ4n) is 0.805. The predicted octanol–water partition coefficient (Wildman–Crippen LogP) is 2.13. The number of hydrogen-bond acceptors (Lipinski definition) is 2. The monoisotopic (exact) mass is 195 g/mol. The van der Waals surface area contributed by atoms with E-state index in [1.807, 2.05) is 0 Å². The Bertz CT molecular complexity index is 334. The van der Waals surface area contributed by atoms with Crippen LogP contribution in [0.2, 0.25) is 0 Å². The maximum absolute atomic E-state index is 12.6. The van der Waals surface area contributed by atoms with Crippen LogP contribution in [0.25, 0.3) is 0 Å². The molecule has 0 fully saturated rings. The molecule has 0 saturated heterocycles. The minimum atomic E-state index is -4.78. The summed E-state index contributed by atoms with van der Waals surface area (Å²) in [6.45, 7) is 0. The maximum atomic E-state index is 12.6. The van der Waals surface area contributed by atoms with Gasteiger partial charge in [0.1, 0.15) is 17.1 Å². The highest BCUT2D eigenvalue weighted by Crippen LogP contribution is 2.37. The van der Waals surface area contributed by atoms with Crippen molar-refractivity contribution in [2.45, 2.75) is 6.18 Å². The van der Waals surface area contributed by atoms with Crippen molar-refractivity contribution < 1.29 is 22.7 Å². The summed E-state index contributed by atoms with van der Waals surface area (Å²) in [4.78, 5) is 0. The van der Waals surface area contributed by atoms with E-state index in [9.17, 15) is 17.6 Å². The second-order valence-electron chi connectivity index (χ2n) is 2.39. The number of phenolic OH excluding ortho intramolecular Hbond substituents is 1. The highest BCUT2D eigenvalue weighted by molar-refractivity contribution is 5.50. The van der Waals surface area contributed by atoms with Gasteiger partial charge < -0.3 is 10.8 Å². The van der Waals surface area contributed by atoms with Gasteiger partial charge in [-0.3, -0.25) is 0 Å². The number of phenols is 1. The molecule has 0 aliphatic rings. The lowest BCUT2D eigenvalue weighted by atomic mass is 10.1. The molecule has 3 N–H and O–H groups in total. The van der Waals surface area contributed by atoms with Crippen LogP contribution in [0.1, 0.15) is 5.56 Å². The first-order chi connectivity index (χ1) is 5.82. The molecule has 1 aromatic rings. The molecular weight excluding hydrogens is 190 g/mol. The number of alkyl halides is 3. The number of rotatable bonds is 0. The molecule has 0 amide bonds. The lowest BCUT2D eigenvalue weighted by Gasteiger charge is -2.09. The molecule has 1 aromatic carbocycles. The fourth-order valence-corrected chi connectivity index (χ4v) is 0.805. The molecule has 6 heteroatoms. The van der Waals surface area contributed by atoms with Crippen molar-refractivity contribution in [3.05, 3.63) is 23.5 Å². The Balaban J connectivity index is 3.32. The largest absolute Gasteiger partial charge is 0.507 e. The molecule has 13 heavy (non-hydrogen) atoms. The zero-order chi connectivity index (χ0) is 10.2. The van der Waals surface area contributed by atoms with Crippen molar-refractivity contribution in [2.75, 3.05) is 5.73 Å². The Morgan fingerprint density at radius 3 is 2.23 bits per heavy atom. The molecule has 2 nitrogen and oxygen atoms in total. The first-order valence-corrected chi connectivity index (χ1v) is 3.17. The van der Waals surface area contributed by atoms with Crippen molar-refractivity contribution >= 4 is 5.69 Å². The normalized spacial score (nSPS) is 11.7. The topological polar surface area (TPSA) is 46.2 Å². The molecule has 0 radical (unpaired) electrons. The molecule has 0 atom stereocenters. The first-order valence-electron chi connectivity index (χ1n) is 3.17. The quantitative estimate of drug-likeness (QED) is 0.492. The predicted molar refractivity (Wildman–Crippen MR) is 37.5 cm³/mol. The number of aromatic hydroxyl groups is 1. The van der Waals surface area contributed by atoms with Gasteiger partial charge in [-0.15, -0.1) is 0 Å². The summed E-state index contributed by atoms with van der Waals surface area (Å²) in [5.74, 6) is -2.28. The van der Waals surface area contributed by atoms with Crippen LogP contribution in [-0.2, 0) is 6.18 Å². The van der Waals surface area contributed by atoms with E-state index in [2.05, 4.69) is 0 Å². The van der Waals surface area contributed by atoms with Crippen LogP contribution in [0.5, 0.6) is 5.75 Å². The molecule has 0 bridgehead atoms. The lowest BCUT2D eigenvalue weighted by molar-refractivity contribution is -0.138. The Morgan fingerprint density at radius 1 is 1.23 bits per heavy atom. The Labute approximate surface area is 70.6 Å². The number of nitrogens with two attached hydrogens (primary N) is 1. The third-order valence-electron chi connectivity index (χ3n) is 1.42. The van der Waals surface area contributed by atoms with E-state index in [0.717, 1.165) is 0 Å². The van der Waals surface area contributed by atoms with Crippen LogP contribution in [0.3, 0.4) is 0 Å². The van der Waals surface area contributed by atoms with E-state index in [1.54, 1.807) is 0 Å². The number of anilines is 1. The summed E-state index contributed by atoms with van der Waals surface area (Å²) < 4.78 is 48.5. The molecule has 1 rings (SSSR count). The third-order valence-corrected chi connectivity index (χ3v) is 1.42. The molecule has 0 heterocycles. The van der Waals surface area contributed by atoms with Crippen LogP contribution in [0.15, 0.2) is 12.1 Å². The van der Waals surface area contributed by atoms with Crippen LogP contribution in [-0.4, -0.2) is 5.11 Å². The third kappa shape index (κ3) is 1.82. The van der Waals surface area contributed by atoms with E-state index < -0.39 is 29.0 Å². The van der Waals surface area contributed by atoms with Crippen LogP contribution < -0.4 is 5.73 Å². The molecule has 0 unspecified atom stereocenters. The van der Waals surface area contributed by atoms with Crippen molar-refractivity contribution in [1.82, 2.24) is 0 Å². The van der Waals surface area contributed by atoms with Crippen LogP contribution >= 0.6 is 0 Å². The van der Waals surface area contributed by atoms with Gasteiger partial charge in [0.2, 0.25) is 0 Å². The average molecular weight is 195 g/mol. The molecule has 0 aliphatic carbocycles. The number of nitrogen functional groups attached to an aromatic ring is 1. The SMILES string of the molecule is Nc1cc(O)c(C(F)(F)F)cc1F. The van der Waals surface area contributed by atoms with Gasteiger partial charge in [-0.1, -0.05) is 0 Å². The van der Waals surface area contributed by atoms with Crippen LogP contribution in [0, 0.1) is 5.82 Å². The van der Waals surface area contributed by atoms with Gasteiger partial charge in [0.05, 0.1) is 5.69 Å². The molecule has 0 spiro atoms. The standard InChI is InChI=1S/C7H5F4NO/c8-4-1-3(7(9,10)11)6(13)2-5(4)12/h1-2,13H,12H2. The van der Waals surface area contributed by atoms with E-state index in [4.69, 9.17) is 10.8 Å². The summed E-state index contributed by atoms with van der Waals surface area (Å²) in [7, 11) is 0. The summed E-state index contributed by atoms with van der Waals surface area (Å²) >= 11 is 0. The minimum Gasteiger partial charge on any atom is -0.507 e. The van der Waals surface area contributed by atoms with E-state index in [0.29, 0.717) is 6.07 Å². The van der Waals surface area contributed by atoms with Crippen molar-refractivity contribution in [3.8, 4) is 5.75 Å². The van der Waals surface area contributed by atoms with Gasteiger partial charge >= 0.3 is 6.18 Å². The van der Waals surface area contributed by atoms with Crippen molar-refractivity contribution in [2.24, 2.45) is 0 Å². The van der Waals surface area contributed by atoms with E-state index >= 15 is 0 Å². The molecule has 72 valence electrons. The second-order valence-corrected chi connectivity index (χ2v) is 2.39. The molecular formula is C7H5F4NO. The van der Waals surface area contributed by atoms with Gasteiger partial charge in [0.15, 0.2) is 0 Å². The summed E-state index contributed by atoms with van der Waals surface area (Å²) in [6.07, 6.45) is -4.78. The first kappa shape index (κ1) is 9.63. The Morgan fingerprint density at radius 2 is 1.77 bits per heavy atom. The summed E-state index contributed by atoms with van der Waals surface area (Å²) in [5.41, 5.74) is 2.98. The maximum Gasteiger partial charge on any atom is 0.420 e. The van der Waals surface area contributed by atoms with Gasteiger partial charge in [-0.25, -0.2) is 4.39 Å². The Kier molecular flexibility index (Phi) is 2.07. The second kappa shape index (κ2) is 2.79. The van der Waals surface area contributed by atoms with Gasteiger partial charge in [-0.2, -0.15) is 13.2 Å². The lowest BCUT2D eigenvalue weighted by Crippen LogP contribution is -2.06. The number of hydrogen-bond donors (Lipinski definition) is 2.